The van der Waals surface area contributed by atoms with E-state index in [1.807, 2.05) is 12.1 Å². The van der Waals surface area contributed by atoms with E-state index in [9.17, 15) is 0 Å². The molecule has 0 spiro atoms. The van der Waals surface area contributed by atoms with Crippen molar-refractivity contribution in [3.8, 4) is 11.8 Å². The van der Waals surface area contributed by atoms with Crippen LogP contribution in [0.15, 0.2) is 24.3 Å². The molecule has 108 valence electrons. The van der Waals surface area contributed by atoms with Crippen molar-refractivity contribution in [2.45, 2.75) is 19.5 Å². The number of likely N-dealkylation sites (N-methyl/N-ethyl adjacent to an activating group) is 1. The number of hydrogen-bond acceptors (Lipinski definition) is 3. The molecule has 0 amide bonds. The molecule has 3 nitrogen and oxygen atoms in total. The second-order valence-corrected chi connectivity index (χ2v) is 5.82. The molecule has 2 unspecified atom stereocenters. The van der Waals surface area contributed by atoms with E-state index in [4.69, 9.17) is 5.11 Å². The third-order valence-electron chi connectivity index (χ3n) is 4.03. The molecule has 0 bridgehead atoms. The van der Waals surface area contributed by atoms with Crippen LogP contribution in [0.2, 0.25) is 0 Å². The topological polar surface area (TPSA) is 26.7 Å². The minimum atomic E-state index is -0.0855. The van der Waals surface area contributed by atoms with E-state index in [0.717, 1.165) is 25.2 Å². The second-order valence-electron chi connectivity index (χ2n) is 5.82. The molecule has 1 heterocycles. The molecule has 1 fully saturated rings. The number of aliphatic hydroxyl groups is 1. The maximum atomic E-state index is 8.84. The standard InChI is InChI=1S/C17H24N2O/c1-14-11-19(13-17(14)18(2)3)12-16-8-5-4-7-15(16)9-6-10-20/h4-5,7-8,14,17,20H,10-13H2,1-3H3. The predicted octanol–water partition coefficient (Wildman–Crippen LogP) is 1.41. The Morgan fingerprint density at radius 1 is 1.30 bits per heavy atom. The first-order chi connectivity index (χ1) is 9.61. The molecule has 1 aromatic carbocycles. The number of aliphatic hydroxyl groups excluding tert-OH is 1. The first kappa shape index (κ1) is 15.1. The van der Waals surface area contributed by atoms with Gasteiger partial charge in [-0.1, -0.05) is 37.0 Å². The summed E-state index contributed by atoms with van der Waals surface area (Å²) >= 11 is 0. The molecule has 0 aromatic heterocycles. The van der Waals surface area contributed by atoms with Gasteiger partial charge in [0, 0.05) is 31.2 Å². The molecule has 1 aliphatic heterocycles. The van der Waals surface area contributed by atoms with Crippen molar-refractivity contribution in [3.05, 3.63) is 35.4 Å². The molecule has 1 N–H and O–H groups in total. The fourth-order valence-electron chi connectivity index (χ4n) is 3.01. The lowest BCUT2D eigenvalue weighted by molar-refractivity contribution is 0.250. The molecule has 0 aliphatic carbocycles. The molecule has 1 aliphatic rings. The van der Waals surface area contributed by atoms with Crippen molar-refractivity contribution >= 4 is 0 Å². The van der Waals surface area contributed by atoms with Crippen molar-refractivity contribution < 1.29 is 5.11 Å². The van der Waals surface area contributed by atoms with Crippen molar-refractivity contribution in [3.63, 3.8) is 0 Å². The zero-order valence-corrected chi connectivity index (χ0v) is 12.6. The number of hydrogen-bond donors (Lipinski definition) is 1. The summed E-state index contributed by atoms with van der Waals surface area (Å²) in [4.78, 5) is 4.82. The molecule has 2 rings (SSSR count). The van der Waals surface area contributed by atoms with Crippen LogP contribution in [0.1, 0.15) is 18.1 Å². The van der Waals surface area contributed by atoms with Gasteiger partial charge in [0.25, 0.3) is 0 Å². The van der Waals surface area contributed by atoms with Crippen LogP contribution in [-0.2, 0) is 6.54 Å². The highest BCUT2D eigenvalue weighted by atomic mass is 16.2. The lowest BCUT2D eigenvalue weighted by Gasteiger charge is -2.22. The van der Waals surface area contributed by atoms with Crippen molar-refractivity contribution in [1.82, 2.24) is 9.80 Å². The third kappa shape index (κ3) is 3.61. The highest BCUT2D eigenvalue weighted by Gasteiger charge is 2.30. The van der Waals surface area contributed by atoms with E-state index in [-0.39, 0.29) is 6.61 Å². The van der Waals surface area contributed by atoms with Gasteiger partial charge >= 0.3 is 0 Å². The van der Waals surface area contributed by atoms with Crippen molar-refractivity contribution in [1.29, 1.82) is 0 Å². The van der Waals surface area contributed by atoms with Crippen molar-refractivity contribution in [2.75, 3.05) is 33.8 Å². The smallest absolute Gasteiger partial charge is 0.104 e. The Labute approximate surface area is 122 Å². The quantitative estimate of drug-likeness (QED) is 0.843. The Kier molecular flexibility index (Phi) is 5.19. The highest BCUT2D eigenvalue weighted by molar-refractivity contribution is 5.41. The summed E-state index contributed by atoms with van der Waals surface area (Å²) in [6.45, 7) is 5.41. The zero-order chi connectivity index (χ0) is 14.5. The van der Waals surface area contributed by atoms with Gasteiger partial charge in [-0.25, -0.2) is 0 Å². The Hall–Kier alpha value is -1.34. The maximum absolute atomic E-state index is 8.84. The first-order valence-electron chi connectivity index (χ1n) is 7.18. The van der Waals surface area contributed by atoms with Gasteiger partial charge in [-0.3, -0.25) is 4.90 Å². The van der Waals surface area contributed by atoms with Crippen LogP contribution in [0.5, 0.6) is 0 Å². The van der Waals surface area contributed by atoms with Gasteiger partial charge in [-0.2, -0.15) is 0 Å². The third-order valence-corrected chi connectivity index (χ3v) is 4.03. The maximum Gasteiger partial charge on any atom is 0.104 e. The van der Waals surface area contributed by atoms with Gasteiger partial charge in [0.1, 0.15) is 6.61 Å². The fourth-order valence-corrected chi connectivity index (χ4v) is 3.01. The van der Waals surface area contributed by atoms with Crippen LogP contribution in [0, 0.1) is 17.8 Å². The van der Waals surface area contributed by atoms with Gasteiger partial charge < -0.3 is 10.0 Å². The summed E-state index contributed by atoms with van der Waals surface area (Å²) in [5, 5.41) is 8.84. The Bertz CT molecular complexity index is 501. The monoisotopic (exact) mass is 272 g/mol. The number of nitrogens with zero attached hydrogens (tertiary/aromatic N) is 2. The Morgan fingerprint density at radius 3 is 2.70 bits per heavy atom. The minimum Gasteiger partial charge on any atom is -0.384 e. The van der Waals surface area contributed by atoms with E-state index >= 15 is 0 Å². The molecule has 0 radical (unpaired) electrons. The van der Waals surface area contributed by atoms with Crippen molar-refractivity contribution in [2.24, 2.45) is 5.92 Å². The lowest BCUT2D eigenvalue weighted by atomic mass is 10.1. The summed E-state index contributed by atoms with van der Waals surface area (Å²) in [6.07, 6.45) is 0. The zero-order valence-electron chi connectivity index (χ0n) is 12.6. The van der Waals surface area contributed by atoms with Crippen LogP contribution in [0.3, 0.4) is 0 Å². The predicted molar refractivity (Wildman–Crippen MR) is 82.3 cm³/mol. The van der Waals surface area contributed by atoms with Crippen LogP contribution < -0.4 is 0 Å². The Morgan fingerprint density at radius 2 is 2.05 bits per heavy atom. The van der Waals surface area contributed by atoms with E-state index in [1.54, 1.807) is 0 Å². The summed E-state index contributed by atoms with van der Waals surface area (Å²) in [7, 11) is 4.32. The molecule has 1 aromatic rings. The fraction of sp³-hybridized carbons (Fsp3) is 0.529. The largest absolute Gasteiger partial charge is 0.384 e. The summed E-state index contributed by atoms with van der Waals surface area (Å²) < 4.78 is 0. The van der Waals surface area contributed by atoms with Gasteiger partial charge in [0.05, 0.1) is 0 Å². The van der Waals surface area contributed by atoms with E-state index < -0.39 is 0 Å². The Balaban J connectivity index is 2.08. The van der Waals surface area contributed by atoms with Crippen LogP contribution in [-0.4, -0.2) is 54.7 Å². The van der Waals surface area contributed by atoms with Crippen LogP contribution in [0.4, 0.5) is 0 Å². The van der Waals surface area contributed by atoms with E-state index in [2.05, 4.69) is 54.8 Å². The molecule has 3 heteroatoms. The van der Waals surface area contributed by atoms with Gasteiger partial charge in [-0.05, 0) is 31.6 Å². The highest BCUT2D eigenvalue weighted by Crippen LogP contribution is 2.22. The van der Waals surface area contributed by atoms with Crippen LogP contribution >= 0.6 is 0 Å². The van der Waals surface area contributed by atoms with Gasteiger partial charge in [-0.15, -0.1) is 0 Å². The summed E-state index contributed by atoms with van der Waals surface area (Å²) in [6, 6.07) is 8.85. The molecular formula is C17H24N2O. The average Bonchev–Trinajstić information content (AvgIpc) is 2.79. The number of likely N-dealkylation sites (tertiary alicyclic amines) is 1. The number of rotatable bonds is 3. The molecule has 2 atom stereocenters. The van der Waals surface area contributed by atoms with E-state index in [1.165, 1.54) is 5.56 Å². The van der Waals surface area contributed by atoms with E-state index in [0.29, 0.717) is 12.0 Å². The molecule has 0 saturated carbocycles. The first-order valence-corrected chi connectivity index (χ1v) is 7.18. The minimum absolute atomic E-state index is 0.0855. The van der Waals surface area contributed by atoms with Crippen LogP contribution in [0.25, 0.3) is 0 Å². The number of benzene rings is 1. The summed E-state index contributed by atoms with van der Waals surface area (Å²) in [5.41, 5.74) is 2.28. The summed E-state index contributed by atoms with van der Waals surface area (Å²) in [5.74, 6) is 6.48. The molecular weight excluding hydrogens is 248 g/mol. The average molecular weight is 272 g/mol. The van der Waals surface area contributed by atoms with Gasteiger partial charge in [0.15, 0.2) is 0 Å². The SMILES string of the molecule is CC1CN(Cc2ccccc2C#CCO)CC1N(C)C. The molecule has 20 heavy (non-hydrogen) atoms. The van der Waals surface area contributed by atoms with Gasteiger partial charge in [0.2, 0.25) is 0 Å². The second kappa shape index (κ2) is 6.90. The normalized spacial score (nSPS) is 22.9. The lowest BCUT2D eigenvalue weighted by Crippen LogP contribution is -2.34. The molecule has 1 saturated heterocycles.